The Kier molecular flexibility index (Phi) is 23.3. The maximum atomic E-state index is 9.10. The number of unbranched alkanes of at least 4 members (excludes halogenated alkanes) is 12. The number of aliphatic hydroxyl groups excluding tert-OH is 2. The van der Waals surface area contributed by atoms with E-state index in [1.165, 1.54) is 83.5 Å². The van der Waals surface area contributed by atoms with Crippen molar-refractivity contribution in [2.75, 3.05) is 33.0 Å². The Bertz CT molecular complexity index is 294. The van der Waals surface area contributed by atoms with E-state index in [-0.39, 0.29) is 13.2 Å². The number of hydrogen-bond donors (Lipinski definition) is 2. The molecule has 0 aliphatic heterocycles. The van der Waals surface area contributed by atoms with Gasteiger partial charge in [-0.15, -0.1) is 0 Å². The molecule has 0 saturated carbocycles. The highest BCUT2D eigenvalue weighted by molar-refractivity contribution is 4.81. The van der Waals surface area contributed by atoms with Crippen molar-refractivity contribution < 1.29 is 19.7 Å². The van der Waals surface area contributed by atoms with E-state index in [0.717, 1.165) is 13.0 Å². The Morgan fingerprint density at radius 3 is 1.78 bits per heavy atom. The number of allylic oxidation sites excluding steroid dienone is 2. The van der Waals surface area contributed by atoms with Crippen LogP contribution < -0.4 is 0 Å². The maximum absolute atomic E-state index is 9.10. The molecule has 0 aliphatic rings. The fraction of sp³-hybridized carbons (Fsp3) is 0.913. The van der Waals surface area contributed by atoms with Crippen LogP contribution in [0.3, 0.4) is 0 Å². The highest BCUT2D eigenvalue weighted by atomic mass is 16.5. The first-order valence-corrected chi connectivity index (χ1v) is 11.4. The summed E-state index contributed by atoms with van der Waals surface area (Å²) in [5, 5.41) is 17.7. The zero-order valence-electron chi connectivity index (χ0n) is 17.9. The van der Waals surface area contributed by atoms with Crippen molar-refractivity contribution in [1.82, 2.24) is 0 Å². The summed E-state index contributed by atoms with van der Waals surface area (Å²) in [7, 11) is 0. The molecule has 0 rings (SSSR count). The van der Waals surface area contributed by atoms with Gasteiger partial charge in [-0.3, -0.25) is 0 Å². The molecule has 0 bridgehead atoms. The minimum absolute atomic E-state index is 0.175. The summed E-state index contributed by atoms with van der Waals surface area (Å²) in [5.41, 5.74) is 0. The van der Waals surface area contributed by atoms with Gasteiger partial charge in [-0.1, -0.05) is 76.9 Å². The van der Waals surface area contributed by atoms with Crippen LogP contribution in [0.4, 0.5) is 0 Å². The highest BCUT2D eigenvalue weighted by Gasteiger charge is 2.00. The fourth-order valence-electron chi connectivity index (χ4n) is 2.94. The van der Waals surface area contributed by atoms with Crippen molar-refractivity contribution in [2.24, 2.45) is 0 Å². The van der Waals surface area contributed by atoms with E-state index in [1.54, 1.807) is 0 Å². The smallest absolute Gasteiger partial charge is 0.100 e. The van der Waals surface area contributed by atoms with E-state index in [1.807, 2.05) is 0 Å². The predicted molar refractivity (Wildman–Crippen MR) is 114 cm³/mol. The molecule has 4 nitrogen and oxygen atoms in total. The van der Waals surface area contributed by atoms with Crippen LogP contribution in [0, 0.1) is 0 Å². The first-order valence-electron chi connectivity index (χ1n) is 11.4. The van der Waals surface area contributed by atoms with E-state index < -0.39 is 6.10 Å². The molecule has 0 aliphatic carbocycles. The van der Waals surface area contributed by atoms with Gasteiger partial charge in [-0.05, 0) is 32.1 Å². The summed E-state index contributed by atoms with van der Waals surface area (Å²) in [5.74, 6) is 0. The Morgan fingerprint density at radius 2 is 1.19 bits per heavy atom. The van der Waals surface area contributed by atoms with E-state index >= 15 is 0 Å². The number of aliphatic hydroxyl groups is 2. The Labute approximate surface area is 168 Å². The van der Waals surface area contributed by atoms with Crippen molar-refractivity contribution >= 4 is 0 Å². The first kappa shape index (κ1) is 26.6. The molecule has 0 spiro atoms. The van der Waals surface area contributed by atoms with Crippen molar-refractivity contribution in [3.63, 3.8) is 0 Å². The van der Waals surface area contributed by atoms with Crippen LogP contribution >= 0.6 is 0 Å². The van der Waals surface area contributed by atoms with Crippen LogP contribution in [0.2, 0.25) is 0 Å². The van der Waals surface area contributed by atoms with Crippen LogP contribution in [-0.4, -0.2) is 49.4 Å². The molecular weight excluding hydrogens is 340 g/mol. The summed E-state index contributed by atoms with van der Waals surface area (Å²) in [6, 6.07) is 0. The molecule has 0 amide bonds. The Hall–Kier alpha value is -0.420. The summed E-state index contributed by atoms with van der Waals surface area (Å²) in [6.07, 6.45) is 22.4. The zero-order valence-corrected chi connectivity index (χ0v) is 17.9. The SMILES string of the molecule is CCCCCCCCC=CCCCCCCCCOCCOCC(O)CO. The van der Waals surface area contributed by atoms with Crippen LogP contribution in [0.25, 0.3) is 0 Å². The van der Waals surface area contributed by atoms with Crippen molar-refractivity contribution in [1.29, 1.82) is 0 Å². The second-order valence-corrected chi connectivity index (χ2v) is 7.46. The van der Waals surface area contributed by atoms with Gasteiger partial charge in [0.05, 0.1) is 26.4 Å². The predicted octanol–water partition coefficient (Wildman–Crippen LogP) is 5.41. The molecule has 0 aromatic heterocycles. The van der Waals surface area contributed by atoms with E-state index in [0.29, 0.717) is 13.2 Å². The lowest BCUT2D eigenvalue weighted by atomic mass is 10.1. The Morgan fingerprint density at radius 1 is 0.667 bits per heavy atom. The van der Waals surface area contributed by atoms with Gasteiger partial charge in [0.2, 0.25) is 0 Å². The molecule has 0 aromatic carbocycles. The lowest BCUT2D eigenvalue weighted by molar-refractivity contribution is -0.0150. The molecule has 0 aromatic rings. The summed E-state index contributed by atoms with van der Waals surface area (Å²) < 4.78 is 10.7. The average molecular weight is 387 g/mol. The van der Waals surface area contributed by atoms with Crippen LogP contribution in [0.5, 0.6) is 0 Å². The minimum atomic E-state index is -0.777. The molecule has 0 radical (unpaired) electrons. The summed E-state index contributed by atoms with van der Waals surface area (Å²) in [4.78, 5) is 0. The molecule has 0 saturated heterocycles. The topological polar surface area (TPSA) is 58.9 Å². The first-order chi connectivity index (χ1) is 13.3. The molecule has 2 N–H and O–H groups in total. The molecule has 0 heterocycles. The molecule has 162 valence electrons. The molecule has 1 atom stereocenters. The van der Waals surface area contributed by atoms with E-state index in [4.69, 9.17) is 19.7 Å². The normalized spacial score (nSPS) is 12.9. The number of ether oxygens (including phenoxy) is 2. The van der Waals surface area contributed by atoms with Crippen molar-refractivity contribution in [3.8, 4) is 0 Å². The van der Waals surface area contributed by atoms with Gasteiger partial charge in [0.15, 0.2) is 0 Å². The molecular formula is C23H46O4. The van der Waals surface area contributed by atoms with Crippen LogP contribution in [0.15, 0.2) is 12.2 Å². The molecule has 0 fully saturated rings. The highest BCUT2D eigenvalue weighted by Crippen LogP contribution is 2.10. The lowest BCUT2D eigenvalue weighted by Crippen LogP contribution is -2.20. The van der Waals surface area contributed by atoms with Crippen LogP contribution in [0.1, 0.15) is 96.8 Å². The number of rotatable bonds is 22. The van der Waals surface area contributed by atoms with Gasteiger partial charge >= 0.3 is 0 Å². The second kappa shape index (κ2) is 23.6. The van der Waals surface area contributed by atoms with Crippen LogP contribution in [-0.2, 0) is 9.47 Å². The standard InChI is InChI=1S/C23H46O4/c1-2-3-4-5-6-7-8-9-10-11-12-13-14-15-16-17-18-26-19-20-27-22-23(25)21-24/h9-10,23-25H,2-8,11-22H2,1H3. The maximum Gasteiger partial charge on any atom is 0.100 e. The minimum Gasteiger partial charge on any atom is -0.394 e. The van der Waals surface area contributed by atoms with E-state index in [9.17, 15) is 0 Å². The average Bonchev–Trinajstić information content (AvgIpc) is 2.68. The third-order valence-corrected chi connectivity index (χ3v) is 4.69. The monoisotopic (exact) mass is 386 g/mol. The number of hydrogen-bond acceptors (Lipinski definition) is 4. The summed E-state index contributed by atoms with van der Waals surface area (Å²) >= 11 is 0. The van der Waals surface area contributed by atoms with Crippen molar-refractivity contribution in [3.05, 3.63) is 12.2 Å². The fourth-order valence-corrected chi connectivity index (χ4v) is 2.94. The quantitative estimate of drug-likeness (QED) is 0.193. The second-order valence-electron chi connectivity index (χ2n) is 7.46. The third-order valence-electron chi connectivity index (χ3n) is 4.69. The Balaban J connectivity index is 3.07. The third kappa shape index (κ3) is 23.5. The molecule has 1 unspecified atom stereocenters. The molecule has 4 heteroatoms. The van der Waals surface area contributed by atoms with Gasteiger partial charge in [-0.2, -0.15) is 0 Å². The van der Waals surface area contributed by atoms with Gasteiger partial charge in [0.1, 0.15) is 6.10 Å². The largest absolute Gasteiger partial charge is 0.394 e. The lowest BCUT2D eigenvalue weighted by Gasteiger charge is -2.08. The van der Waals surface area contributed by atoms with Gasteiger partial charge < -0.3 is 19.7 Å². The van der Waals surface area contributed by atoms with E-state index in [2.05, 4.69) is 19.1 Å². The van der Waals surface area contributed by atoms with Gasteiger partial charge in [0, 0.05) is 6.61 Å². The van der Waals surface area contributed by atoms with Gasteiger partial charge in [0.25, 0.3) is 0 Å². The zero-order chi connectivity index (χ0) is 19.8. The van der Waals surface area contributed by atoms with Gasteiger partial charge in [-0.25, -0.2) is 0 Å². The van der Waals surface area contributed by atoms with Crippen molar-refractivity contribution in [2.45, 2.75) is 103 Å². The summed E-state index contributed by atoms with van der Waals surface area (Å²) in [6.45, 7) is 4.01. The molecule has 27 heavy (non-hydrogen) atoms.